The Hall–Kier alpha value is -1.01. The summed E-state index contributed by atoms with van der Waals surface area (Å²) >= 11 is 12.8. The summed E-state index contributed by atoms with van der Waals surface area (Å²) in [7, 11) is 0. The van der Waals surface area contributed by atoms with Gasteiger partial charge in [-0.3, -0.25) is 14.5 Å². The molecule has 0 aliphatic carbocycles. The Morgan fingerprint density at radius 3 is 2.74 bits per heavy atom. The molecule has 1 saturated heterocycles. The van der Waals surface area contributed by atoms with Crippen molar-refractivity contribution >= 4 is 52.2 Å². The minimum Gasteiger partial charge on any atom is -0.329 e. The standard InChI is InChI=1S/C12H10Cl2N2O2S/c13-8-3-1-2-7(10(8)14)6-9-11(17)16(5-4-15)12(18)19-9/h1-3,6H,4-5,15H2/b9-6+. The van der Waals surface area contributed by atoms with Crippen molar-refractivity contribution in [2.24, 2.45) is 5.73 Å². The number of benzene rings is 1. The van der Waals surface area contributed by atoms with Crippen molar-refractivity contribution in [1.82, 2.24) is 4.90 Å². The largest absolute Gasteiger partial charge is 0.329 e. The molecule has 1 aromatic carbocycles. The van der Waals surface area contributed by atoms with Gasteiger partial charge in [0.1, 0.15) is 0 Å². The molecule has 0 atom stereocenters. The summed E-state index contributed by atoms with van der Waals surface area (Å²) in [4.78, 5) is 25.1. The van der Waals surface area contributed by atoms with Crippen LogP contribution < -0.4 is 5.73 Å². The van der Waals surface area contributed by atoms with Crippen LogP contribution in [-0.2, 0) is 4.79 Å². The molecule has 2 N–H and O–H groups in total. The average Bonchev–Trinajstić information content (AvgIpc) is 2.63. The van der Waals surface area contributed by atoms with Crippen LogP contribution in [0.4, 0.5) is 4.79 Å². The van der Waals surface area contributed by atoms with Gasteiger partial charge in [-0.2, -0.15) is 0 Å². The number of rotatable bonds is 3. The van der Waals surface area contributed by atoms with E-state index in [2.05, 4.69) is 0 Å². The van der Waals surface area contributed by atoms with Crippen molar-refractivity contribution < 1.29 is 9.59 Å². The lowest BCUT2D eigenvalue weighted by molar-refractivity contribution is -0.122. The molecule has 1 aliphatic rings. The number of thioether (sulfide) groups is 1. The van der Waals surface area contributed by atoms with Gasteiger partial charge in [0.15, 0.2) is 0 Å². The zero-order valence-electron chi connectivity index (χ0n) is 9.73. The van der Waals surface area contributed by atoms with E-state index in [1.807, 2.05) is 0 Å². The number of hydrogen-bond acceptors (Lipinski definition) is 4. The molecule has 0 unspecified atom stereocenters. The molecule has 4 nitrogen and oxygen atoms in total. The minimum atomic E-state index is -0.350. The number of halogens is 2. The first-order chi connectivity index (χ1) is 9.04. The maximum atomic E-state index is 12.0. The van der Waals surface area contributed by atoms with Crippen molar-refractivity contribution in [3.8, 4) is 0 Å². The van der Waals surface area contributed by atoms with Crippen LogP contribution in [0.25, 0.3) is 6.08 Å². The number of nitrogens with zero attached hydrogens (tertiary/aromatic N) is 1. The number of hydrogen-bond donors (Lipinski definition) is 1. The van der Waals surface area contributed by atoms with Gasteiger partial charge in [0, 0.05) is 13.1 Å². The van der Waals surface area contributed by atoms with E-state index in [-0.39, 0.29) is 24.2 Å². The fraction of sp³-hybridized carbons (Fsp3) is 0.167. The molecule has 1 aliphatic heterocycles. The molecular formula is C12H10Cl2N2O2S. The van der Waals surface area contributed by atoms with Gasteiger partial charge in [0.05, 0.1) is 15.0 Å². The molecule has 0 aromatic heterocycles. The van der Waals surface area contributed by atoms with Gasteiger partial charge >= 0.3 is 0 Å². The summed E-state index contributed by atoms with van der Waals surface area (Å²) < 4.78 is 0. The Bertz CT molecular complexity index is 575. The Kier molecular flexibility index (Phi) is 4.52. The third-order valence-corrected chi connectivity index (χ3v) is 4.24. The number of nitrogens with two attached hydrogens (primary N) is 1. The second-order valence-corrected chi connectivity index (χ2v) is 5.54. The normalized spacial score (nSPS) is 17.6. The zero-order valence-corrected chi connectivity index (χ0v) is 12.1. The summed E-state index contributed by atoms with van der Waals surface area (Å²) in [6, 6.07) is 5.11. The maximum absolute atomic E-state index is 12.0. The molecule has 100 valence electrons. The van der Waals surface area contributed by atoms with Crippen molar-refractivity contribution in [3.05, 3.63) is 38.7 Å². The van der Waals surface area contributed by atoms with Crippen LogP contribution >= 0.6 is 35.0 Å². The third-order valence-electron chi connectivity index (χ3n) is 2.49. The predicted octanol–water partition coefficient (Wildman–Crippen LogP) is 2.99. The van der Waals surface area contributed by atoms with Gasteiger partial charge in [0.25, 0.3) is 11.1 Å². The number of carbonyl (C=O) groups is 2. The zero-order chi connectivity index (χ0) is 14.0. The van der Waals surface area contributed by atoms with Crippen LogP contribution in [0.3, 0.4) is 0 Å². The van der Waals surface area contributed by atoms with E-state index >= 15 is 0 Å². The Morgan fingerprint density at radius 2 is 2.05 bits per heavy atom. The molecule has 0 saturated carbocycles. The molecule has 2 amide bonds. The lowest BCUT2D eigenvalue weighted by atomic mass is 10.2. The Morgan fingerprint density at radius 1 is 1.32 bits per heavy atom. The second-order valence-electron chi connectivity index (χ2n) is 3.77. The van der Waals surface area contributed by atoms with Crippen molar-refractivity contribution in [2.75, 3.05) is 13.1 Å². The van der Waals surface area contributed by atoms with E-state index in [0.717, 1.165) is 16.7 Å². The SMILES string of the molecule is NCCN1C(=O)S/C(=C/c2cccc(Cl)c2Cl)C1=O. The highest BCUT2D eigenvalue weighted by Gasteiger charge is 2.34. The number of imide groups is 1. The molecule has 0 bridgehead atoms. The Labute approximate surface area is 124 Å². The smallest absolute Gasteiger partial charge is 0.293 e. The van der Waals surface area contributed by atoms with E-state index in [1.165, 1.54) is 0 Å². The van der Waals surface area contributed by atoms with Crippen LogP contribution in [0, 0.1) is 0 Å². The van der Waals surface area contributed by atoms with E-state index < -0.39 is 0 Å². The van der Waals surface area contributed by atoms with Crippen LogP contribution in [-0.4, -0.2) is 29.1 Å². The molecule has 1 heterocycles. The van der Waals surface area contributed by atoms with Crippen LogP contribution in [0.15, 0.2) is 23.1 Å². The van der Waals surface area contributed by atoms with E-state index in [4.69, 9.17) is 28.9 Å². The monoisotopic (exact) mass is 316 g/mol. The van der Waals surface area contributed by atoms with Gasteiger partial charge in [-0.15, -0.1) is 0 Å². The molecule has 1 fully saturated rings. The van der Waals surface area contributed by atoms with Gasteiger partial charge in [-0.1, -0.05) is 35.3 Å². The minimum absolute atomic E-state index is 0.214. The molecule has 0 spiro atoms. The second kappa shape index (κ2) is 5.96. The topological polar surface area (TPSA) is 63.4 Å². The van der Waals surface area contributed by atoms with Crippen molar-refractivity contribution in [2.45, 2.75) is 0 Å². The number of amides is 2. The van der Waals surface area contributed by atoms with Crippen LogP contribution in [0.1, 0.15) is 5.56 Å². The van der Waals surface area contributed by atoms with E-state index in [0.29, 0.717) is 20.5 Å². The highest BCUT2D eigenvalue weighted by molar-refractivity contribution is 8.18. The first-order valence-electron chi connectivity index (χ1n) is 5.44. The van der Waals surface area contributed by atoms with E-state index in [9.17, 15) is 9.59 Å². The highest BCUT2D eigenvalue weighted by atomic mass is 35.5. The summed E-state index contributed by atoms with van der Waals surface area (Å²) in [5.74, 6) is -0.350. The average molecular weight is 317 g/mol. The summed E-state index contributed by atoms with van der Waals surface area (Å²) in [6.45, 7) is 0.453. The lowest BCUT2D eigenvalue weighted by Gasteiger charge is -2.09. The summed E-state index contributed by atoms with van der Waals surface area (Å²) in [5.41, 5.74) is 5.97. The van der Waals surface area contributed by atoms with Gasteiger partial charge < -0.3 is 5.73 Å². The molecule has 19 heavy (non-hydrogen) atoms. The highest BCUT2D eigenvalue weighted by Crippen LogP contribution is 2.34. The molecule has 1 aromatic rings. The molecule has 0 radical (unpaired) electrons. The molecule has 7 heteroatoms. The van der Waals surface area contributed by atoms with Gasteiger partial charge in [-0.05, 0) is 29.5 Å². The fourth-order valence-electron chi connectivity index (χ4n) is 1.60. The molecule has 2 rings (SSSR count). The number of carbonyl (C=O) groups excluding carboxylic acids is 2. The fourth-order valence-corrected chi connectivity index (χ4v) is 2.81. The molecular weight excluding hydrogens is 307 g/mol. The third kappa shape index (κ3) is 2.95. The predicted molar refractivity (Wildman–Crippen MR) is 78.2 cm³/mol. The van der Waals surface area contributed by atoms with Crippen molar-refractivity contribution in [1.29, 1.82) is 0 Å². The summed E-state index contributed by atoms with van der Waals surface area (Å²) in [5, 5.41) is 0.436. The van der Waals surface area contributed by atoms with Crippen molar-refractivity contribution in [3.63, 3.8) is 0 Å². The Balaban J connectivity index is 2.32. The quantitative estimate of drug-likeness (QED) is 0.871. The van der Waals surface area contributed by atoms with Crippen LogP contribution in [0.2, 0.25) is 10.0 Å². The van der Waals surface area contributed by atoms with Crippen LogP contribution in [0.5, 0.6) is 0 Å². The van der Waals surface area contributed by atoms with Gasteiger partial charge in [0.2, 0.25) is 0 Å². The van der Waals surface area contributed by atoms with E-state index in [1.54, 1.807) is 24.3 Å². The lowest BCUT2D eigenvalue weighted by Crippen LogP contribution is -2.33. The first kappa shape index (κ1) is 14.4. The summed E-state index contributed by atoms with van der Waals surface area (Å²) in [6.07, 6.45) is 1.57. The van der Waals surface area contributed by atoms with Gasteiger partial charge in [-0.25, -0.2) is 0 Å². The first-order valence-corrected chi connectivity index (χ1v) is 7.01. The maximum Gasteiger partial charge on any atom is 0.293 e.